The van der Waals surface area contributed by atoms with Crippen molar-refractivity contribution in [1.29, 1.82) is 0 Å². The molecule has 0 unspecified atom stereocenters. The van der Waals surface area contributed by atoms with Crippen LogP contribution in [-0.4, -0.2) is 21.3 Å². The highest BCUT2D eigenvalue weighted by atomic mass is 19.2. The Morgan fingerprint density at radius 1 is 1.36 bits per heavy atom. The molecule has 22 heavy (non-hydrogen) atoms. The molecule has 0 bridgehead atoms. The number of aromatic nitrogens is 2. The summed E-state index contributed by atoms with van der Waals surface area (Å²) < 4.78 is 28.8. The molecular formula is C15H16F2N4O. The molecule has 1 aliphatic carbocycles. The van der Waals surface area contributed by atoms with Crippen molar-refractivity contribution in [2.75, 3.05) is 6.61 Å². The number of halogens is 2. The zero-order valence-electron chi connectivity index (χ0n) is 11.8. The first-order chi connectivity index (χ1) is 10.5. The molecule has 0 amide bonds. The Hall–Kier alpha value is -2.41. The third-order valence-electron chi connectivity index (χ3n) is 3.60. The highest BCUT2D eigenvalue weighted by Gasteiger charge is 2.29. The Balaban J connectivity index is 2.22. The number of hydrogen-bond acceptors (Lipinski definition) is 4. The summed E-state index contributed by atoms with van der Waals surface area (Å²) in [6.45, 7) is -0.315. The molecule has 3 rings (SSSR count). The van der Waals surface area contributed by atoms with Gasteiger partial charge in [0.15, 0.2) is 11.6 Å². The lowest BCUT2D eigenvalue weighted by Crippen LogP contribution is -2.06. The second-order valence-corrected chi connectivity index (χ2v) is 5.29. The fourth-order valence-electron chi connectivity index (χ4n) is 2.43. The zero-order chi connectivity index (χ0) is 15.9. The van der Waals surface area contributed by atoms with E-state index < -0.39 is 11.6 Å². The molecule has 7 heteroatoms. The summed E-state index contributed by atoms with van der Waals surface area (Å²) in [5.41, 5.74) is 12.9. The van der Waals surface area contributed by atoms with Gasteiger partial charge in [0.2, 0.25) is 0 Å². The first kappa shape index (κ1) is 14.5. The van der Waals surface area contributed by atoms with Gasteiger partial charge in [0.1, 0.15) is 5.82 Å². The monoisotopic (exact) mass is 306 g/mol. The molecule has 0 aliphatic heterocycles. The van der Waals surface area contributed by atoms with Gasteiger partial charge in [-0.05, 0) is 18.9 Å². The maximum atomic E-state index is 13.5. The molecule has 2 aromatic rings. The van der Waals surface area contributed by atoms with Crippen LogP contribution in [0, 0.1) is 11.6 Å². The first-order valence-corrected chi connectivity index (χ1v) is 6.91. The van der Waals surface area contributed by atoms with E-state index in [1.54, 1.807) is 0 Å². The molecule has 5 nitrogen and oxygen atoms in total. The van der Waals surface area contributed by atoms with Crippen LogP contribution >= 0.6 is 0 Å². The van der Waals surface area contributed by atoms with Crippen molar-refractivity contribution in [1.82, 2.24) is 9.55 Å². The Kier molecular flexibility index (Phi) is 3.58. The smallest absolute Gasteiger partial charge is 0.161 e. The van der Waals surface area contributed by atoms with E-state index in [0.29, 0.717) is 22.4 Å². The van der Waals surface area contributed by atoms with E-state index in [2.05, 4.69) is 4.98 Å². The van der Waals surface area contributed by atoms with Gasteiger partial charge in [0, 0.05) is 35.6 Å². The highest BCUT2D eigenvalue weighted by molar-refractivity contribution is 5.82. The summed E-state index contributed by atoms with van der Waals surface area (Å²) in [7, 11) is 0. The maximum absolute atomic E-state index is 13.5. The van der Waals surface area contributed by atoms with Crippen molar-refractivity contribution in [3.63, 3.8) is 0 Å². The summed E-state index contributed by atoms with van der Waals surface area (Å²) in [5, 5.41) is 9.04. The fraction of sp³-hybridized carbons (Fsp3) is 0.267. The normalized spacial score (nSPS) is 16.5. The van der Waals surface area contributed by atoms with Gasteiger partial charge < -0.3 is 21.1 Å². The molecule has 1 heterocycles. The van der Waals surface area contributed by atoms with Gasteiger partial charge in [-0.25, -0.2) is 13.8 Å². The summed E-state index contributed by atoms with van der Waals surface area (Å²) in [6, 6.07) is 2.40. The van der Waals surface area contributed by atoms with Crippen molar-refractivity contribution in [3.8, 4) is 0 Å². The summed E-state index contributed by atoms with van der Waals surface area (Å²) in [6.07, 6.45) is 4.70. The van der Waals surface area contributed by atoms with Crippen LogP contribution in [0.15, 0.2) is 30.1 Å². The van der Waals surface area contributed by atoms with E-state index in [9.17, 15) is 8.78 Å². The number of imidazole rings is 1. The number of rotatable bonds is 4. The van der Waals surface area contributed by atoms with Gasteiger partial charge in [-0.3, -0.25) is 0 Å². The number of nitrogens with two attached hydrogens (primary N) is 2. The van der Waals surface area contributed by atoms with Crippen LogP contribution in [0.25, 0.3) is 16.6 Å². The molecule has 5 N–H and O–H groups in total. The summed E-state index contributed by atoms with van der Waals surface area (Å²) in [4.78, 5) is 4.36. The number of allylic oxidation sites excluding steroid dienone is 2. The van der Waals surface area contributed by atoms with E-state index in [-0.39, 0.29) is 18.3 Å². The zero-order valence-corrected chi connectivity index (χ0v) is 11.8. The molecule has 1 saturated carbocycles. The Labute approximate surface area is 125 Å². The third kappa shape index (κ3) is 2.43. The molecule has 1 aromatic heterocycles. The van der Waals surface area contributed by atoms with Crippen LogP contribution in [0.1, 0.15) is 24.7 Å². The van der Waals surface area contributed by atoms with Crippen molar-refractivity contribution < 1.29 is 13.9 Å². The van der Waals surface area contributed by atoms with Crippen LogP contribution in [0.3, 0.4) is 0 Å². The van der Waals surface area contributed by atoms with Crippen molar-refractivity contribution >= 4 is 16.6 Å². The molecule has 0 radical (unpaired) electrons. The predicted octanol–water partition coefficient (Wildman–Crippen LogP) is 1.78. The first-order valence-electron chi connectivity index (χ1n) is 6.91. The van der Waals surface area contributed by atoms with Gasteiger partial charge in [0.25, 0.3) is 0 Å². The van der Waals surface area contributed by atoms with Crippen LogP contribution in [-0.2, 0) is 0 Å². The number of hydrogen-bond donors (Lipinski definition) is 3. The lowest BCUT2D eigenvalue weighted by molar-refractivity contribution is 0.330. The van der Waals surface area contributed by atoms with Crippen LogP contribution in [0.2, 0.25) is 0 Å². The van der Waals surface area contributed by atoms with Crippen LogP contribution in [0.4, 0.5) is 8.78 Å². The van der Waals surface area contributed by atoms with Gasteiger partial charge >= 0.3 is 0 Å². The van der Waals surface area contributed by atoms with Gasteiger partial charge in [-0.1, -0.05) is 0 Å². The summed E-state index contributed by atoms with van der Waals surface area (Å²) >= 11 is 0. The number of nitrogens with zero attached hydrogens (tertiary/aromatic N) is 2. The largest absolute Gasteiger partial charge is 0.404 e. The highest BCUT2D eigenvalue weighted by Crippen LogP contribution is 2.40. The maximum Gasteiger partial charge on any atom is 0.161 e. The predicted molar refractivity (Wildman–Crippen MR) is 79.4 cm³/mol. The van der Waals surface area contributed by atoms with Crippen molar-refractivity contribution in [3.05, 3.63) is 47.6 Å². The minimum absolute atomic E-state index is 0.184. The van der Waals surface area contributed by atoms with Gasteiger partial charge in [0.05, 0.1) is 17.6 Å². The van der Waals surface area contributed by atoms with E-state index in [4.69, 9.17) is 16.6 Å². The Morgan fingerprint density at radius 2 is 2.05 bits per heavy atom. The third-order valence-corrected chi connectivity index (χ3v) is 3.60. The van der Waals surface area contributed by atoms with Gasteiger partial charge in [-0.2, -0.15) is 0 Å². The minimum atomic E-state index is -0.941. The second-order valence-electron chi connectivity index (χ2n) is 5.29. The van der Waals surface area contributed by atoms with E-state index in [1.807, 2.05) is 4.57 Å². The fourth-order valence-corrected chi connectivity index (χ4v) is 2.43. The van der Waals surface area contributed by atoms with Crippen molar-refractivity contribution in [2.45, 2.75) is 18.9 Å². The Bertz CT molecular complexity index is 790. The van der Waals surface area contributed by atoms with Crippen LogP contribution in [0.5, 0.6) is 0 Å². The molecule has 1 fully saturated rings. The van der Waals surface area contributed by atoms with Crippen LogP contribution < -0.4 is 11.5 Å². The SMILES string of the molecule is N/C=C(\C=C(/N)CO)c1nc2cc(F)c(F)cc2n1C1CC1. The van der Waals surface area contributed by atoms with E-state index >= 15 is 0 Å². The number of aliphatic hydroxyl groups is 1. The Morgan fingerprint density at radius 3 is 2.64 bits per heavy atom. The van der Waals surface area contributed by atoms with Crippen molar-refractivity contribution in [2.24, 2.45) is 11.5 Å². The average Bonchev–Trinajstić information content (AvgIpc) is 3.28. The number of aliphatic hydroxyl groups excluding tert-OH is 1. The van der Waals surface area contributed by atoms with Gasteiger partial charge in [-0.15, -0.1) is 0 Å². The van der Waals surface area contributed by atoms with E-state index in [0.717, 1.165) is 25.0 Å². The lowest BCUT2D eigenvalue weighted by atomic mass is 10.2. The molecule has 0 atom stereocenters. The minimum Gasteiger partial charge on any atom is -0.404 e. The number of benzene rings is 1. The summed E-state index contributed by atoms with van der Waals surface area (Å²) in [5.74, 6) is -1.37. The quantitative estimate of drug-likeness (QED) is 0.751. The molecule has 1 aliphatic rings. The topological polar surface area (TPSA) is 90.1 Å². The lowest BCUT2D eigenvalue weighted by Gasteiger charge is -2.09. The second kappa shape index (κ2) is 5.42. The molecule has 1 aromatic carbocycles. The molecule has 116 valence electrons. The molecule has 0 spiro atoms. The molecule has 0 saturated heterocycles. The molecular weight excluding hydrogens is 290 g/mol. The van der Waals surface area contributed by atoms with E-state index in [1.165, 1.54) is 12.3 Å². The standard InChI is InChI=1S/C15H16F2N4O/c16-11-4-13-14(5-12(11)17)21(10-1-2-10)15(20-13)8(6-18)3-9(19)7-22/h3-6,10,22H,1-2,7,18-19H2/b8-6+,9-3-. The average molecular weight is 306 g/mol. The number of fused-ring (bicyclic) bond motifs is 1.